The normalized spacial score (nSPS) is 14.9. The van der Waals surface area contributed by atoms with E-state index < -0.39 is 6.09 Å². The number of nitrogens with zero attached hydrogens (tertiary/aromatic N) is 1. The van der Waals surface area contributed by atoms with Crippen LogP contribution in [0.1, 0.15) is 22.9 Å². The van der Waals surface area contributed by atoms with E-state index in [1.807, 2.05) is 42.5 Å². The summed E-state index contributed by atoms with van der Waals surface area (Å²) in [5.41, 5.74) is 3.92. The van der Waals surface area contributed by atoms with Crippen LogP contribution in [-0.4, -0.2) is 39.8 Å². The highest BCUT2D eigenvalue weighted by molar-refractivity contribution is 6.31. The Morgan fingerprint density at radius 2 is 1.70 bits per heavy atom. The minimum absolute atomic E-state index is 0.245. The fourth-order valence-electron chi connectivity index (χ4n) is 4.04. The van der Waals surface area contributed by atoms with Crippen LogP contribution in [0.3, 0.4) is 0 Å². The highest BCUT2D eigenvalue weighted by Gasteiger charge is 2.34. The largest absolute Gasteiger partial charge is 0.508 e. The first-order chi connectivity index (χ1) is 15.9. The first-order valence-electron chi connectivity index (χ1n) is 10.3. The number of aromatic amines is 1. The fraction of sp³-hybridized carbons (Fsp3) is 0.160. The van der Waals surface area contributed by atoms with Crippen molar-refractivity contribution in [3.8, 4) is 11.5 Å². The van der Waals surface area contributed by atoms with Gasteiger partial charge in [-0.25, -0.2) is 4.79 Å². The molecule has 1 aromatic heterocycles. The summed E-state index contributed by atoms with van der Waals surface area (Å²) in [5, 5.41) is 20.8. The number of carbonyl (C=O) groups is 1. The molecule has 3 N–H and O–H groups in total. The molecule has 5 rings (SSSR count). The second-order valence-electron chi connectivity index (χ2n) is 7.59. The number of carboxylic acid groups (broad SMARTS) is 1. The zero-order chi connectivity index (χ0) is 23.5. The van der Waals surface area contributed by atoms with Crippen LogP contribution < -0.4 is 4.74 Å². The van der Waals surface area contributed by atoms with Gasteiger partial charge in [-0.15, -0.1) is 0 Å². The Hall–Kier alpha value is -3.35. The molecule has 2 heterocycles. The predicted molar refractivity (Wildman–Crippen MR) is 130 cm³/mol. The first kappa shape index (κ1) is 22.8. The van der Waals surface area contributed by atoms with Crippen molar-refractivity contribution < 1.29 is 19.7 Å². The number of hydrogen-bond acceptors (Lipinski definition) is 3. The molecule has 0 spiro atoms. The van der Waals surface area contributed by atoms with E-state index >= 15 is 0 Å². The van der Waals surface area contributed by atoms with Crippen LogP contribution in [0.2, 0.25) is 10.0 Å². The van der Waals surface area contributed by atoms with Crippen LogP contribution >= 0.6 is 23.2 Å². The molecule has 8 heteroatoms. The van der Waals surface area contributed by atoms with E-state index in [0.717, 1.165) is 33.5 Å². The molecule has 0 unspecified atom stereocenters. The molecule has 170 valence electrons. The number of nitrogens with one attached hydrogen (secondary N) is 1. The van der Waals surface area contributed by atoms with Gasteiger partial charge in [-0.3, -0.25) is 4.90 Å². The molecular formula is C25H22Cl2N2O4. The van der Waals surface area contributed by atoms with Crippen molar-refractivity contribution in [2.75, 3.05) is 13.7 Å². The number of amides is 1. The highest BCUT2D eigenvalue weighted by atomic mass is 35.5. The summed E-state index contributed by atoms with van der Waals surface area (Å²) in [4.78, 5) is 16.7. The predicted octanol–water partition coefficient (Wildman–Crippen LogP) is 6.50. The summed E-state index contributed by atoms with van der Waals surface area (Å²) in [6.07, 6.45) is -0.266. The van der Waals surface area contributed by atoms with E-state index in [1.165, 1.54) is 4.90 Å². The molecule has 33 heavy (non-hydrogen) atoms. The number of aromatic nitrogens is 1. The summed E-state index contributed by atoms with van der Waals surface area (Å²) in [5.74, 6) is 0.986. The number of rotatable bonds is 2. The summed E-state index contributed by atoms with van der Waals surface area (Å²) in [7, 11) is 1.61. The molecule has 0 saturated carbocycles. The average Bonchev–Trinajstić information content (AvgIpc) is 3.18. The third-order valence-corrected chi connectivity index (χ3v) is 6.08. The van der Waals surface area contributed by atoms with Gasteiger partial charge in [0.1, 0.15) is 17.5 Å². The lowest BCUT2D eigenvalue weighted by Gasteiger charge is -2.34. The monoisotopic (exact) mass is 484 g/mol. The summed E-state index contributed by atoms with van der Waals surface area (Å²) < 4.78 is 5.21. The number of methoxy groups -OCH3 is 1. The number of phenolic OH excluding ortho intramolecular Hbond substituents is 1. The second kappa shape index (κ2) is 9.65. The van der Waals surface area contributed by atoms with Gasteiger partial charge in [-0.05, 0) is 72.1 Å². The van der Waals surface area contributed by atoms with Gasteiger partial charge < -0.3 is 19.9 Å². The number of ether oxygens (including phenoxy) is 1. The summed E-state index contributed by atoms with van der Waals surface area (Å²) >= 11 is 11.7. The zero-order valence-corrected chi connectivity index (χ0v) is 19.3. The van der Waals surface area contributed by atoms with Crippen molar-refractivity contribution in [2.24, 2.45) is 0 Å². The first-order valence-corrected chi connectivity index (χ1v) is 11.0. The van der Waals surface area contributed by atoms with Crippen molar-refractivity contribution in [3.05, 3.63) is 93.6 Å². The Morgan fingerprint density at radius 3 is 2.30 bits per heavy atom. The smallest absolute Gasteiger partial charge is 0.408 e. The summed E-state index contributed by atoms with van der Waals surface area (Å²) in [6, 6.07) is 19.2. The number of halogens is 2. The van der Waals surface area contributed by atoms with E-state index in [0.29, 0.717) is 23.0 Å². The van der Waals surface area contributed by atoms with E-state index in [2.05, 4.69) is 4.98 Å². The summed E-state index contributed by atoms with van der Waals surface area (Å²) in [6.45, 7) is 0.443. The van der Waals surface area contributed by atoms with Gasteiger partial charge in [0.25, 0.3) is 0 Å². The Labute approximate surface area is 200 Å². The lowest BCUT2D eigenvalue weighted by molar-refractivity contribution is 0.128. The SMILES string of the molecule is COc1ccc([C@H]2c3[nH]c4ccc(Cl)cc4c3CCN2C(=O)O)cc1.Oc1ccc(Cl)cc1. The molecule has 1 atom stereocenters. The molecule has 6 nitrogen and oxygen atoms in total. The third-order valence-electron chi connectivity index (χ3n) is 5.59. The molecule has 0 saturated heterocycles. The average molecular weight is 485 g/mol. The molecule has 0 radical (unpaired) electrons. The van der Waals surface area contributed by atoms with Gasteiger partial charge in [-0.1, -0.05) is 35.3 Å². The van der Waals surface area contributed by atoms with Gasteiger partial charge in [-0.2, -0.15) is 0 Å². The lowest BCUT2D eigenvalue weighted by atomic mass is 9.92. The lowest BCUT2D eigenvalue weighted by Crippen LogP contribution is -2.39. The van der Waals surface area contributed by atoms with Crippen molar-refractivity contribution >= 4 is 40.2 Å². The number of hydrogen-bond donors (Lipinski definition) is 3. The molecule has 3 aromatic carbocycles. The molecule has 0 fully saturated rings. The van der Waals surface area contributed by atoms with Crippen LogP contribution in [0.5, 0.6) is 11.5 Å². The van der Waals surface area contributed by atoms with Gasteiger partial charge in [0.15, 0.2) is 0 Å². The van der Waals surface area contributed by atoms with E-state index in [9.17, 15) is 9.90 Å². The van der Waals surface area contributed by atoms with Gasteiger partial charge >= 0.3 is 6.09 Å². The van der Waals surface area contributed by atoms with Crippen LogP contribution in [0.25, 0.3) is 10.9 Å². The quantitative estimate of drug-likeness (QED) is 0.303. The molecule has 0 bridgehead atoms. The van der Waals surface area contributed by atoms with Gasteiger partial charge in [0, 0.05) is 33.2 Å². The van der Waals surface area contributed by atoms with Crippen molar-refractivity contribution in [3.63, 3.8) is 0 Å². The maximum absolute atomic E-state index is 11.8. The van der Waals surface area contributed by atoms with Crippen LogP contribution in [0.4, 0.5) is 4.79 Å². The standard InChI is InChI=1S/C19H17ClN2O3.C6H5ClO/c1-25-13-5-2-11(3-6-13)18-17-14(8-9-22(18)19(23)24)15-10-12(20)4-7-16(15)21-17;7-5-1-3-6(8)4-2-5/h2-7,10,18,21H,8-9H2,1H3,(H,23,24);1-4,8H/t18-;/m0./s1. The maximum Gasteiger partial charge on any atom is 0.408 e. The minimum Gasteiger partial charge on any atom is -0.508 e. The zero-order valence-electron chi connectivity index (χ0n) is 17.8. The van der Waals surface area contributed by atoms with E-state index in [1.54, 1.807) is 31.4 Å². The second-order valence-corrected chi connectivity index (χ2v) is 8.46. The van der Waals surface area contributed by atoms with Crippen LogP contribution in [-0.2, 0) is 6.42 Å². The van der Waals surface area contributed by atoms with Gasteiger partial charge in [0.2, 0.25) is 0 Å². The van der Waals surface area contributed by atoms with Crippen LogP contribution in [0, 0.1) is 0 Å². The Balaban J connectivity index is 0.000000275. The van der Waals surface area contributed by atoms with Crippen molar-refractivity contribution in [1.29, 1.82) is 0 Å². The van der Waals surface area contributed by atoms with Gasteiger partial charge in [0.05, 0.1) is 7.11 Å². The minimum atomic E-state index is -0.928. The highest BCUT2D eigenvalue weighted by Crippen LogP contribution is 2.39. The molecular weight excluding hydrogens is 463 g/mol. The fourth-order valence-corrected chi connectivity index (χ4v) is 4.34. The maximum atomic E-state index is 11.8. The molecule has 1 amide bonds. The molecule has 1 aliphatic rings. The van der Waals surface area contributed by atoms with Crippen LogP contribution in [0.15, 0.2) is 66.7 Å². The number of aromatic hydroxyl groups is 1. The molecule has 0 aliphatic carbocycles. The Morgan fingerprint density at radius 1 is 1.03 bits per heavy atom. The van der Waals surface area contributed by atoms with E-state index in [4.69, 9.17) is 33.0 Å². The Kier molecular flexibility index (Phi) is 6.67. The number of fused-ring (bicyclic) bond motifs is 3. The molecule has 1 aliphatic heterocycles. The molecule has 4 aromatic rings. The van der Waals surface area contributed by atoms with Crippen molar-refractivity contribution in [2.45, 2.75) is 12.5 Å². The number of H-pyrrole nitrogens is 1. The number of phenols is 1. The van der Waals surface area contributed by atoms with E-state index in [-0.39, 0.29) is 11.8 Å². The number of benzene rings is 3. The topological polar surface area (TPSA) is 85.8 Å². The third kappa shape index (κ3) is 4.87. The van der Waals surface area contributed by atoms with Crippen molar-refractivity contribution in [1.82, 2.24) is 9.88 Å². The Bertz CT molecular complexity index is 1250.